The second-order valence-electron chi connectivity index (χ2n) is 8.72. The van der Waals surface area contributed by atoms with E-state index in [0.717, 1.165) is 4.47 Å². The summed E-state index contributed by atoms with van der Waals surface area (Å²) in [7, 11) is 0. The summed E-state index contributed by atoms with van der Waals surface area (Å²) in [6, 6.07) is 9.28. The van der Waals surface area contributed by atoms with Crippen LogP contribution < -0.4 is 0 Å². The summed E-state index contributed by atoms with van der Waals surface area (Å²) in [5.74, 6) is 0. The van der Waals surface area contributed by atoms with Gasteiger partial charge in [0.1, 0.15) is 0 Å². The van der Waals surface area contributed by atoms with Crippen molar-refractivity contribution in [2.24, 2.45) is 0 Å². The molecule has 3 aromatic rings. The van der Waals surface area contributed by atoms with Gasteiger partial charge in [0.2, 0.25) is 0 Å². The van der Waals surface area contributed by atoms with Gasteiger partial charge in [-0.05, 0) is 68.6 Å². The van der Waals surface area contributed by atoms with Gasteiger partial charge in [0.15, 0.2) is 0 Å². The Labute approximate surface area is 147 Å². The number of aromatic nitrogens is 1. The molecule has 0 aliphatic carbocycles. The van der Waals surface area contributed by atoms with Gasteiger partial charge in [-0.25, -0.2) is 0 Å². The van der Waals surface area contributed by atoms with Crippen molar-refractivity contribution in [3.05, 3.63) is 45.4 Å². The van der Waals surface area contributed by atoms with Crippen LogP contribution in [0.2, 0.25) is 0 Å². The zero-order valence-electron chi connectivity index (χ0n) is 15.2. The zero-order chi connectivity index (χ0) is 17.2. The molecule has 0 atom stereocenters. The van der Waals surface area contributed by atoms with E-state index in [-0.39, 0.29) is 10.8 Å². The third-order valence-corrected chi connectivity index (χ3v) is 5.32. The Morgan fingerprint density at radius 3 is 1.74 bits per heavy atom. The Hall–Kier alpha value is -1.28. The minimum Gasteiger partial charge on any atom is -0.353 e. The third-order valence-electron chi connectivity index (χ3n) is 4.70. The molecular formula is C21H26BrN. The highest BCUT2D eigenvalue weighted by atomic mass is 79.9. The molecular weight excluding hydrogens is 346 g/mol. The standard InChI is InChI=1S/C21H26BrN/c1-12-8-13(20(2,3)4)9-15-16-10-14(21(5,6)7)11-17(22)19(16)23-18(12)15/h8-11,23H,1-7H3. The van der Waals surface area contributed by atoms with Crippen LogP contribution in [0.3, 0.4) is 0 Å². The molecule has 0 saturated carbocycles. The monoisotopic (exact) mass is 371 g/mol. The van der Waals surface area contributed by atoms with Gasteiger partial charge < -0.3 is 4.98 Å². The molecule has 0 unspecified atom stereocenters. The number of nitrogens with one attached hydrogen (secondary N) is 1. The third kappa shape index (κ3) is 2.82. The molecule has 23 heavy (non-hydrogen) atoms. The maximum absolute atomic E-state index is 3.77. The van der Waals surface area contributed by atoms with E-state index < -0.39 is 0 Å². The van der Waals surface area contributed by atoms with Crippen LogP contribution in [0.1, 0.15) is 58.2 Å². The summed E-state index contributed by atoms with van der Waals surface area (Å²) < 4.78 is 1.15. The summed E-state index contributed by atoms with van der Waals surface area (Å²) in [4.78, 5) is 3.62. The number of hydrogen-bond donors (Lipinski definition) is 1. The molecule has 1 heterocycles. The van der Waals surface area contributed by atoms with Gasteiger partial charge in [0, 0.05) is 20.8 Å². The molecule has 0 spiro atoms. The Bertz CT molecular complexity index is 827. The van der Waals surface area contributed by atoms with Crippen LogP contribution in [0, 0.1) is 6.92 Å². The van der Waals surface area contributed by atoms with Crippen molar-refractivity contribution < 1.29 is 0 Å². The molecule has 0 amide bonds. The number of halogens is 1. The fraction of sp³-hybridized carbons (Fsp3) is 0.429. The molecule has 0 saturated heterocycles. The highest BCUT2D eigenvalue weighted by molar-refractivity contribution is 9.10. The number of aryl methyl sites for hydroxylation is 1. The average molecular weight is 372 g/mol. The predicted molar refractivity (Wildman–Crippen MR) is 106 cm³/mol. The number of aromatic amines is 1. The highest BCUT2D eigenvalue weighted by Crippen LogP contribution is 2.38. The summed E-state index contributed by atoms with van der Waals surface area (Å²) in [6.07, 6.45) is 0. The first kappa shape index (κ1) is 16.6. The molecule has 0 bridgehead atoms. The Balaban J connectivity index is 2.44. The molecule has 2 aromatic carbocycles. The molecule has 1 aromatic heterocycles. The van der Waals surface area contributed by atoms with Crippen molar-refractivity contribution in [1.82, 2.24) is 4.98 Å². The van der Waals surface area contributed by atoms with Crippen LogP contribution in [-0.2, 0) is 10.8 Å². The van der Waals surface area contributed by atoms with E-state index >= 15 is 0 Å². The fourth-order valence-corrected chi connectivity index (χ4v) is 3.66. The molecule has 0 aliphatic heterocycles. The van der Waals surface area contributed by atoms with Crippen LogP contribution in [0.5, 0.6) is 0 Å². The van der Waals surface area contributed by atoms with Crippen LogP contribution in [-0.4, -0.2) is 4.98 Å². The van der Waals surface area contributed by atoms with Crippen molar-refractivity contribution >= 4 is 37.7 Å². The summed E-state index contributed by atoms with van der Waals surface area (Å²) >= 11 is 3.77. The summed E-state index contributed by atoms with van der Waals surface area (Å²) in [5.41, 5.74) is 6.80. The van der Waals surface area contributed by atoms with E-state index in [1.807, 2.05) is 0 Å². The predicted octanol–water partition coefficient (Wildman–Crippen LogP) is 6.99. The average Bonchev–Trinajstić information content (AvgIpc) is 2.77. The maximum atomic E-state index is 3.77. The van der Waals surface area contributed by atoms with Crippen molar-refractivity contribution in [2.75, 3.05) is 0 Å². The largest absolute Gasteiger partial charge is 0.353 e. The smallest absolute Gasteiger partial charge is 0.0609 e. The van der Waals surface area contributed by atoms with Gasteiger partial charge in [-0.2, -0.15) is 0 Å². The van der Waals surface area contributed by atoms with E-state index in [1.165, 1.54) is 38.5 Å². The lowest BCUT2D eigenvalue weighted by Gasteiger charge is -2.20. The molecule has 0 aliphatic rings. The van der Waals surface area contributed by atoms with E-state index in [2.05, 4.69) is 93.6 Å². The molecule has 2 heteroatoms. The van der Waals surface area contributed by atoms with Crippen molar-refractivity contribution in [2.45, 2.75) is 59.3 Å². The van der Waals surface area contributed by atoms with Crippen molar-refractivity contribution in [3.8, 4) is 0 Å². The van der Waals surface area contributed by atoms with Crippen molar-refractivity contribution in [3.63, 3.8) is 0 Å². The Morgan fingerprint density at radius 2 is 1.22 bits per heavy atom. The number of fused-ring (bicyclic) bond motifs is 3. The van der Waals surface area contributed by atoms with E-state index in [1.54, 1.807) is 0 Å². The van der Waals surface area contributed by atoms with E-state index in [4.69, 9.17) is 0 Å². The maximum Gasteiger partial charge on any atom is 0.0609 e. The minimum atomic E-state index is 0.136. The van der Waals surface area contributed by atoms with Crippen LogP contribution in [0.25, 0.3) is 21.8 Å². The summed E-state index contributed by atoms with van der Waals surface area (Å²) in [6.45, 7) is 15.8. The lowest BCUT2D eigenvalue weighted by Crippen LogP contribution is -2.11. The van der Waals surface area contributed by atoms with E-state index in [9.17, 15) is 0 Å². The molecule has 0 radical (unpaired) electrons. The first-order valence-electron chi connectivity index (χ1n) is 8.25. The van der Waals surface area contributed by atoms with Gasteiger partial charge in [-0.1, -0.05) is 47.6 Å². The normalized spacial score (nSPS) is 13.2. The van der Waals surface area contributed by atoms with Gasteiger partial charge in [0.25, 0.3) is 0 Å². The molecule has 1 nitrogen and oxygen atoms in total. The molecule has 1 N–H and O–H groups in total. The van der Waals surface area contributed by atoms with E-state index in [0.29, 0.717) is 0 Å². The first-order valence-corrected chi connectivity index (χ1v) is 9.04. The van der Waals surface area contributed by atoms with Gasteiger partial charge in [-0.3, -0.25) is 0 Å². The number of benzene rings is 2. The Morgan fingerprint density at radius 1 is 0.739 bits per heavy atom. The molecule has 0 fully saturated rings. The SMILES string of the molecule is Cc1cc(C(C)(C)C)cc2c1[nH]c1c(Br)cc(C(C)(C)C)cc12. The minimum absolute atomic E-state index is 0.136. The molecule has 122 valence electrons. The van der Waals surface area contributed by atoms with Gasteiger partial charge in [-0.15, -0.1) is 0 Å². The first-order chi connectivity index (χ1) is 10.5. The Kier molecular flexibility index (Phi) is 3.68. The van der Waals surface area contributed by atoms with Crippen LogP contribution in [0.4, 0.5) is 0 Å². The zero-order valence-corrected chi connectivity index (χ0v) is 16.8. The van der Waals surface area contributed by atoms with Crippen LogP contribution >= 0.6 is 15.9 Å². The number of rotatable bonds is 0. The topological polar surface area (TPSA) is 15.8 Å². The quantitative estimate of drug-likeness (QED) is 0.438. The number of H-pyrrole nitrogens is 1. The number of hydrogen-bond acceptors (Lipinski definition) is 0. The molecule has 3 rings (SSSR count). The van der Waals surface area contributed by atoms with Crippen molar-refractivity contribution in [1.29, 1.82) is 0 Å². The second-order valence-corrected chi connectivity index (χ2v) is 9.58. The lowest BCUT2D eigenvalue weighted by molar-refractivity contribution is 0.590. The second kappa shape index (κ2) is 5.11. The van der Waals surface area contributed by atoms with Gasteiger partial charge in [0.05, 0.1) is 5.52 Å². The lowest BCUT2D eigenvalue weighted by atomic mass is 9.84. The van der Waals surface area contributed by atoms with Gasteiger partial charge >= 0.3 is 0 Å². The highest BCUT2D eigenvalue weighted by Gasteiger charge is 2.20. The fourth-order valence-electron chi connectivity index (χ4n) is 3.10. The van der Waals surface area contributed by atoms with Crippen LogP contribution in [0.15, 0.2) is 28.7 Å². The summed E-state index contributed by atoms with van der Waals surface area (Å²) in [5, 5.41) is 2.64.